The molecule has 1 atom stereocenters. The van der Waals surface area contributed by atoms with E-state index in [1.807, 2.05) is 0 Å². The predicted octanol–water partition coefficient (Wildman–Crippen LogP) is 1.73. The normalized spacial score (nSPS) is 15.2. The highest BCUT2D eigenvalue weighted by Crippen LogP contribution is 2.29. The van der Waals surface area contributed by atoms with Crippen molar-refractivity contribution in [1.29, 1.82) is 0 Å². The number of rotatable bonds is 4. The van der Waals surface area contributed by atoms with E-state index < -0.39 is 32.9 Å². The molecule has 0 saturated carbocycles. The van der Waals surface area contributed by atoms with Crippen LogP contribution in [0.1, 0.15) is 27.6 Å². The molecule has 0 aliphatic carbocycles. The lowest BCUT2D eigenvalue weighted by Crippen LogP contribution is -2.29. The molecule has 1 N–H and O–H groups in total. The Hall–Kier alpha value is -3.00. The van der Waals surface area contributed by atoms with Crippen LogP contribution in [0, 0.1) is 0 Å². The van der Waals surface area contributed by atoms with Gasteiger partial charge in [0.25, 0.3) is 11.8 Å². The molecule has 0 saturated heterocycles. The minimum absolute atomic E-state index is 0.192. The van der Waals surface area contributed by atoms with Gasteiger partial charge in [0.1, 0.15) is 0 Å². The van der Waals surface area contributed by atoms with Gasteiger partial charge in [0.05, 0.1) is 21.7 Å². The Bertz CT molecular complexity index is 959. The maximum atomic E-state index is 12.4. The highest BCUT2D eigenvalue weighted by atomic mass is 32.2. The van der Waals surface area contributed by atoms with Crippen molar-refractivity contribution in [1.82, 2.24) is 0 Å². The molecule has 128 valence electrons. The minimum Gasteiger partial charge on any atom is -0.480 e. The number of aliphatic carboxylic acids is 1. The molecule has 7 nitrogen and oxygen atoms in total. The topological polar surface area (TPSA) is 109 Å². The lowest BCUT2D eigenvalue weighted by atomic mass is 10.1. The van der Waals surface area contributed by atoms with E-state index in [1.54, 1.807) is 24.3 Å². The van der Waals surface area contributed by atoms with E-state index in [4.69, 9.17) is 5.11 Å². The first-order valence-electron chi connectivity index (χ1n) is 7.29. The second-order valence-electron chi connectivity index (χ2n) is 5.51. The number of fused-ring (bicyclic) bond motifs is 1. The van der Waals surface area contributed by atoms with Crippen LogP contribution in [-0.4, -0.2) is 36.6 Å². The van der Waals surface area contributed by atoms with Crippen LogP contribution in [0.5, 0.6) is 0 Å². The Kier molecular flexibility index (Phi) is 3.92. The summed E-state index contributed by atoms with van der Waals surface area (Å²) in [5, 5.41) is 7.30. The third-order valence-electron chi connectivity index (χ3n) is 4.03. The second-order valence-corrected chi connectivity index (χ2v) is 7.78. The molecule has 25 heavy (non-hydrogen) atoms. The summed E-state index contributed by atoms with van der Waals surface area (Å²) in [4.78, 5) is 36.5. The number of carboxylic acid groups (broad SMARTS) is 1. The molecule has 0 aromatic heterocycles. The number of sulfone groups is 1. The molecule has 0 bridgehead atoms. The molecule has 1 unspecified atom stereocenters. The number of nitrogens with zero attached hydrogens (tertiary/aromatic N) is 1. The summed E-state index contributed by atoms with van der Waals surface area (Å²) >= 11 is 0. The predicted molar refractivity (Wildman–Crippen MR) is 88.3 cm³/mol. The molecular formula is C17H13NO6S. The zero-order chi connectivity index (χ0) is 18.4. The fourth-order valence-electron chi connectivity index (χ4n) is 2.55. The van der Waals surface area contributed by atoms with Gasteiger partial charge in [-0.2, -0.15) is 0 Å². The van der Waals surface area contributed by atoms with E-state index in [-0.39, 0.29) is 21.7 Å². The number of carboxylic acids is 1. The van der Waals surface area contributed by atoms with Crippen molar-refractivity contribution in [3.05, 3.63) is 59.7 Å². The van der Waals surface area contributed by atoms with Crippen LogP contribution in [0.2, 0.25) is 0 Å². The molecule has 3 rings (SSSR count). The second kappa shape index (κ2) is 5.82. The summed E-state index contributed by atoms with van der Waals surface area (Å²) in [6, 6.07) is 11.4. The zero-order valence-corrected chi connectivity index (χ0v) is 13.9. The SMILES string of the molecule is CC(C(=O)O)S(=O)(=O)c1ccc(N2C(=O)c3ccccc3C2=O)cc1. The van der Waals surface area contributed by atoms with Gasteiger partial charge in [0, 0.05) is 0 Å². The van der Waals surface area contributed by atoms with E-state index in [9.17, 15) is 22.8 Å². The highest BCUT2D eigenvalue weighted by molar-refractivity contribution is 7.92. The van der Waals surface area contributed by atoms with Crippen molar-refractivity contribution in [3.63, 3.8) is 0 Å². The van der Waals surface area contributed by atoms with Gasteiger partial charge < -0.3 is 5.11 Å². The molecule has 2 aromatic rings. The first-order chi connectivity index (χ1) is 11.7. The van der Waals surface area contributed by atoms with Gasteiger partial charge in [-0.05, 0) is 43.3 Å². The minimum atomic E-state index is -4.05. The van der Waals surface area contributed by atoms with Gasteiger partial charge in [-0.15, -0.1) is 0 Å². The summed E-state index contributed by atoms with van der Waals surface area (Å²) in [6.45, 7) is 1.08. The maximum Gasteiger partial charge on any atom is 0.321 e. The van der Waals surface area contributed by atoms with Crippen LogP contribution in [0.4, 0.5) is 5.69 Å². The van der Waals surface area contributed by atoms with E-state index >= 15 is 0 Å². The summed E-state index contributed by atoms with van der Waals surface area (Å²) in [6.07, 6.45) is 0. The van der Waals surface area contributed by atoms with Gasteiger partial charge in [0.15, 0.2) is 15.1 Å². The lowest BCUT2D eigenvalue weighted by molar-refractivity contribution is -0.136. The quantitative estimate of drug-likeness (QED) is 0.833. The number of carbonyl (C=O) groups is 3. The number of anilines is 1. The van der Waals surface area contributed by atoms with Gasteiger partial charge >= 0.3 is 5.97 Å². The molecular weight excluding hydrogens is 346 g/mol. The monoisotopic (exact) mass is 359 g/mol. The largest absolute Gasteiger partial charge is 0.480 e. The van der Waals surface area contributed by atoms with Crippen LogP contribution < -0.4 is 4.90 Å². The number of carbonyl (C=O) groups excluding carboxylic acids is 2. The Balaban J connectivity index is 1.96. The fraction of sp³-hybridized carbons (Fsp3) is 0.118. The summed E-state index contributed by atoms with van der Waals surface area (Å²) in [5.41, 5.74) is 0.778. The number of hydrogen-bond acceptors (Lipinski definition) is 5. The maximum absolute atomic E-state index is 12.4. The molecule has 1 aliphatic heterocycles. The Morgan fingerprint density at radius 3 is 1.88 bits per heavy atom. The van der Waals surface area contributed by atoms with Crippen LogP contribution in [0.15, 0.2) is 53.4 Å². The van der Waals surface area contributed by atoms with Crippen molar-refractivity contribution < 1.29 is 27.9 Å². The zero-order valence-electron chi connectivity index (χ0n) is 13.0. The average Bonchev–Trinajstić information content (AvgIpc) is 2.85. The van der Waals surface area contributed by atoms with Crippen molar-refractivity contribution in [2.45, 2.75) is 17.1 Å². The van der Waals surface area contributed by atoms with E-state index in [2.05, 4.69) is 0 Å². The van der Waals surface area contributed by atoms with E-state index in [0.29, 0.717) is 0 Å². The first-order valence-corrected chi connectivity index (χ1v) is 8.84. The van der Waals surface area contributed by atoms with E-state index in [1.165, 1.54) is 24.3 Å². The van der Waals surface area contributed by atoms with Gasteiger partial charge in [-0.1, -0.05) is 12.1 Å². The summed E-state index contributed by atoms with van der Waals surface area (Å²) in [7, 11) is -4.05. The van der Waals surface area contributed by atoms with Gasteiger partial charge in [-0.3, -0.25) is 14.4 Å². The van der Waals surface area contributed by atoms with Crippen LogP contribution in [0.3, 0.4) is 0 Å². The van der Waals surface area contributed by atoms with Crippen LogP contribution in [-0.2, 0) is 14.6 Å². The van der Waals surface area contributed by atoms with Crippen molar-refractivity contribution in [3.8, 4) is 0 Å². The Labute approximate surface area is 143 Å². The summed E-state index contributed by atoms with van der Waals surface area (Å²) in [5.74, 6) is -2.44. The fourth-order valence-corrected chi connectivity index (χ4v) is 3.73. The van der Waals surface area contributed by atoms with Crippen LogP contribution >= 0.6 is 0 Å². The van der Waals surface area contributed by atoms with E-state index in [0.717, 1.165) is 11.8 Å². The molecule has 0 fully saturated rings. The molecule has 0 spiro atoms. The average molecular weight is 359 g/mol. The molecule has 1 aliphatic rings. The smallest absolute Gasteiger partial charge is 0.321 e. The Morgan fingerprint density at radius 2 is 1.44 bits per heavy atom. The Morgan fingerprint density at radius 1 is 0.960 bits per heavy atom. The molecule has 0 radical (unpaired) electrons. The first kappa shape index (κ1) is 16.8. The summed E-state index contributed by atoms with van der Waals surface area (Å²) < 4.78 is 24.4. The van der Waals surface area contributed by atoms with Crippen molar-refractivity contribution in [2.24, 2.45) is 0 Å². The third kappa shape index (κ3) is 2.60. The van der Waals surface area contributed by atoms with Gasteiger partial charge in [-0.25, -0.2) is 13.3 Å². The molecule has 2 aromatic carbocycles. The molecule has 8 heteroatoms. The number of hydrogen-bond donors (Lipinski definition) is 1. The standard InChI is InChI=1S/C17H13NO6S/c1-10(17(21)22)25(23,24)12-8-6-11(7-9-12)18-15(19)13-4-2-3-5-14(13)16(18)20/h2-10H,1H3,(H,21,22). The van der Waals surface area contributed by atoms with Crippen molar-refractivity contribution >= 4 is 33.3 Å². The van der Waals surface area contributed by atoms with Crippen LogP contribution in [0.25, 0.3) is 0 Å². The van der Waals surface area contributed by atoms with Gasteiger partial charge in [0.2, 0.25) is 0 Å². The molecule has 2 amide bonds. The third-order valence-corrected chi connectivity index (χ3v) is 6.09. The number of benzene rings is 2. The van der Waals surface area contributed by atoms with Crippen molar-refractivity contribution in [2.75, 3.05) is 4.90 Å². The lowest BCUT2D eigenvalue weighted by Gasteiger charge is -2.15. The molecule has 1 heterocycles. The number of imide groups is 1. The number of amides is 2. The highest BCUT2D eigenvalue weighted by Gasteiger charge is 2.36.